The highest BCUT2D eigenvalue weighted by atomic mass is 19.1. The largest absolute Gasteiger partial charge is 0.445 e. The first-order valence-corrected chi connectivity index (χ1v) is 16.1. The fourth-order valence-electron chi connectivity index (χ4n) is 5.65. The van der Waals surface area contributed by atoms with Crippen LogP contribution in [0.1, 0.15) is 42.5 Å². The highest BCUT2D eigenvalue weighted by Gasteiger charge is 2.37. The van der Waals surface area contributed by atoms with E-state index in [1.807, 2.05) is 78.9 Å². The van der Waals surface area contributed by atoms with Crippen LogP contribution in [0.3, 0.4) is 0 Å². The van der Waals surface area contributed by atoms with Gasteiger partial charge in [0, 0.05) is 19.3 Å². The Morgan fingerprint density at radius 1 is 0.918 bits per heavy atom. The molecule has 5 amide bonds. The summed E-state index contributed by atoms with van der Waals surface area (Å²) < 4.78 is 19.6. The molecule has 10 nitrogen and oxygen atoms in total. The zero-order valence-corrected chi connectivity index (χ0v) is 27.7. The Kier molecular flexibility index (Phi) is 10.9. The number of hydrogen-bond donors (Lipinski definition) is 4. The molecule has 0 saturated heterocycles. The van der Waals surface area contributed by atoms with E-state index in [0.29, 0.717) is 24.2 Å². The molecule has 0 aromatic heterocycles. The van der Waals surface area contributed by atoms with Crippen molar-refractivity contribution in [3.8, 4) is 11.1 Å². The predicted molar refractivity (Wildman–Crippen MR) is 185 cm³/mol. The van der Waals surface area contributed by atoms with Gasteiger partial charge < -0.3 is 30.9 Å². The van der Waals surface area contributed by atoms with Crippen LogP contribution in [-0.4, -0.2) is 42.6 Å². The number of halogens is 1. The zero-order chi connectivity index (χ0) is 35.0. The highest BCUT2D eigenvalue weighted by Crippen LogP contribution is 2.31. The van der Waals surface area contributed by atoms with Gasteiger partial charge >= 0.3 is 12.1 Å². The fourth-order valence-corrected chi connectivity index (χ4v) is 5.65. The number of carbonyl (C=O) groups excluding carboxylic acids is 4. The van der Waals surface area contributed by atoms with Crippen LogP contribution in [0.5, 0.6) is 0 Å². The predicted octanol–water partition coefficient (Wildman–Crippen LogP) is 5.59. The van der Waals surface area contributed by atoms with Gasteiger partial charge in [0.15, 0.2) is 0 Å². The molecule has 0 unspecified atom stereocenters. The molecule has 0 bridgehead atoms. The maximum atomic E-state index is 14.3. The third-order valence-corrected chi connectivity index (χ3v) is 8.39. The Balaban J connectivity index is 1.30. The van der Waals surface area contributed by atoms with Crippen LogP contribution < -0.4 is 26.2 Å². The average molecular weight is 666 g/mol. The molecular formula is C38H40FN5O5. The second-order valence-corrected chi connectivity index (χ2v) is 12.4. The summed E-state index contributed by atoms with van der Waals surface area (Å²) in [5.41, 5.74) is 4.29. The minimum absolute atomic E-state index is 0.0393. The topological polar surface area (TPSA) is 129 Å². The van der Waals surface area contributed by atoms with Crippen molar-refractivity contribution in [2.75, 3.05) is 11.9 Å². The molecule has 5 rings (SSSR count). The number of fused-ring (bicyclic) bond motifs is 1. The van der Waals surface area contributed by atoms with E-state index in [1.165, 1.54) is 26.0 Å². The monoisotopic (exact) mass is 665 g/mol. The quantitative estimate of drug-likeness (QED) is 0.176. The highest BCUT2D eigenvalue weighted by molar-refractivity contribution is 6.01. The number of anilines is 1. The number of amides is 5. The number of aryl methyl sites for hydroxylation is 1. The minimum atomic E-state index is -1.40. The number of hydrogen-bond acceptors (Lipinski definition) is 5. The van der Waals surface area contributed by atoms with Crippen molar-refractivity contribution in [1.29, 1.82) is 0 Å². The van der Waals surface area contributed by atoms with Crippen LogP contribution in [0.4, 0.5) is 19.7 Å². The number of rotatable bonds is 10. The molecule has 0 aliphatic carbocycles. The summed E-state index contributed by atoms with van der Waals surface area (Å²) in [5.74, 6) is -1.33. The van der Waals surface area contributed by atoms with Crippen LogP contribution in [0.2, 0.25) is 0 Å². The Morgan fingerprint density at radius 2 is 1.63 bits per heavy atom. The molecule has 4 aromatic rings. The molecular weight excluding hydrogens is 625 g/mol. The molecule has 4 aromatic carbocycles. The molecule has 1 aliphatic heterocycles. The van der Waals surface area contributed by atoms with Crippen molar-refractivity contribution in [2.24, 2.45) is 0 Å². The van der Waals surface area contributed by atoms with Crippen molar-refractivity contribution in [3.63, 3.8) is 0 Å². The van der Waals surface area contributed by atoms with Crippen LogP contribution in [-0.2, 0) is 40.4 Å². The first-order valence-electron chi connectivity index (χ1n) is 16.1. The molecule has 1 aliphatic rings. The van der Waals surface area contributed by atoms with Crippen LogP contribution in [0, 0.1) is 5.82 Å². The van der Waals surface area contributed by atoms with Gasteiger partial charge in [0.05, 0.1) is 6.54 Å². The van der Waals surface area contributed by atoms with E-state index in [2.05, 4.69) is 21.3 Å². The summed E-state index contributed by atoms with van der Waals surface area (Å²) in [7, 11) is 1.56. The molecule has 0 spiro atoms. The number of nitrogens with one attached hydrogen (secondary N) is 4. The number of carbonyl (C=O) groups is 4. The van der Waals surface area contributed by atoms with E-state index in [1.54, 1.807) is 18.0 Å². The molecule has 0 saturated carbocycles. The first-order chi connectivity index (χ1) is 23.5. The lowest BCUT2D eigenvalue weighted by Gasteiger charge is -2.30. The SMILES string of the molecule is CNC(=O)NCc1ccccc1-c1ccc(CN2C(=O)[C@H](NC(=O)C(C)(C)NC(=O)OCc3ccccc3)CCc3cc(F)ccc32)cc1. The molecule has 1 atom stereocenters. The van der Waals surface area contributed by atoms with Crippen molar-refractivity contribution < 1.29 is 28.3 Å². The Hall–Kier alpha value is -5.71. The van der Waals surface area contributed by atoms with Gasteiger partial charge in [-0.3, -0.25) is 9.59 Å². The van der Waals surface area contributed by atoms with Crippen molar-refractivity contribution in [3.05, 3.63) is 125 Å². The van der Waals surface area contributed by atoms with Gasteiger partial charge in [0.1, 0.15) is 24.0 Å². The molecule has 4 N–H and O–H groups in total. The maximum absolute atomic E-state index is 14.3. The second kappa shape index (κ2) is 15.5. The average Bonchev–Trinajstić information content (AvgIpc) is 3.22. The minimum Gasteiger partial charge on any atom is -0.445 e. The molecule has 0 radical (unpaired) electrons. The van der Waals surface area contributed by atoms with Crippen LogP contribution in [0.15, 0.2) is 97.1 Å². The van der Waals surface area contributed by atoms with Gasteiger partial charge in [-0.2, -0.15) is 0 Å². The van der Waals surface area contributed by atoms with Gasteiger partial charge in [-0.25, -0.2) is 14.0 Å². The summed E-state index contributed by atoms with van der Waals surface area (Å²) in [6, 6.07) is 27.8. The number of ether oxygens (including phenoxy) is 1. The summed E-state index contributed by atoms with van der Waals surface area (Å²) >= 11 is 0. The Morgan fingerprint density at radius 3 is 2.37 bits per heavy atom. The van der Waals surface area contributed by atoms with E-state index in [4.69, 9.17) is 4.74 Å². The fraction of sp³-hybridized carbons (Fsp3) is 0.263. The smallest absolute Gasteiger partial charge is 0.408 e. The number of alkyl carbamates (subject to hydrolysis) is 1. The third-order valence-electron chi connectivity index (χ3n) is 8.39. The van der Waals surface area contributed by atoms with E-state index in [9.17, 15) is 23.6 Å². The maximum Gasteiger partial charge on any atom is 0.408 e. The van der Waals surface area contributed by atoms with Crippen molar-refractivity contribution in [1.82, 2.24) is 21.3 Å². The summed E-state index contributed by atoms with van der Waals surface area (Å²) in [4.78, 5) is 53.4. The van der Waals surface area contributed by atoms with Crippen molar-refractivity contribution in [2.45, 2.75) is 58.0 Å². The van der Waals surface area contributed by atoms with Gasteiger partial charge in [-0.1, -0.05) is 78.9 Å². The van der Waals surface area contributed by atoms with E-state index in [0.717, 1.165) is 27.8 Å². The number of urea groups is 1. The second-order valence-electron chi connectivity index (χ2n) is 12.4. The standard InChI is InChI=1S/C38H40FN5O5/c1-38(2,43-37(48)49-24-26-9-5-4-6-10-26)35(46)42-32-19-17-28-21-30(39)18-20-33(28)44(34(32)45)23-25-13-15-27(16-14-25)31-12-8-7-11-29(31)22-41-36(47)40-3/h4-16,18,20-21,32H,17,19,22-24H2,1-3H3,(H,42,46)(H,43,48)(H2,40,41,47)/t32-/m1/s1. The normalized spacial score (nSPS) is 14.2. The van der Waals surface area contributed by atoms with Gasteiger partial charge in [0.25, 0.3) is 0 Å². The molecule has 254 valence electrons. The molecule has 0 fully saturated rings. The van der Waals surface area contributed by atoms with E-state index >= 15 is 0 Å². The first kappa shape index (κ1) is 34.6. The van der Waals surface area contributed by atoms with Crippen LogP contribution in [0.25, 0.3) is 11.1 Å². The number of benzene rings is 4. The van der Waals surface area contributed by atoms with E-state index in [-0.39, 0.29) is 31.5 Å². The third kappa shape index (κ3) is 8.81. The molecule has 11 heteroatoms. The lowest BCUT2D eigenvalue weighted by atomic mass is 9.98. The van der Waals surface area contributed by atoms with E-state index < -0.39 is 29.4 Å². The van der Waals surface area contributed by atoms with Gasteiger partial charge in [-0.05, 0) is 78.3 Å². The Labute approximate surface area is 285 Å². The van der Waals surface area contributed by atoms with Crippen LogP contribution >= 0.6 is 0 Å². The summed E-state index contributed by atoms with van der Waals surface area (Å²) in [6.07, 6.45) is -0.173. The lowest BCUT2D eigenvalue weighted by Crippen LogP contribution is -2.59. The molecule has 49 heavy (non-hydrogen) atoms. The zero-order valence-electron chi connectivity index (χ0n) is 27.7. The molecule has 1 heterocycles. The van der Waals surface area contributed by atoms with Crippen molar-refractivity contribution >= 4 is 29.6 Å². The van der Waals surface area contributed by atoms with Gasteiger partial charge in [0.2, 0.25) is 11.8 Å². The lowest BCUT2D eigenvalue weighted by molar-refractivity contribution is -0.131. The summed E-state index contributed by atoms with van der Waals surface area (Å²) in [5, 5.41) is 10.8. The Bertz CT molecular complexity index is 1810. The number of nitrogens with zero attached hydrogens (tertiary/aromatic N) is 1. The van der Waals surface area contributed by atoms with Gasteiger partial charge in [-0.15, -0.1) is 0 Å². The summed E-state index contributed by atoms with van der Waals surface area (Å²) in [6.45, 7) is 3.63.